The summed E-state index contributed by atoms with van der Waals surface area (Å²) in [6.45, 7) is 1.05. The monoisotopic (exact) mass is 493 g/mol. The first-order valence-electron chi connectivity index (χ1n) is 10.7. The van der Waals surface area contributed by atoms with Gasteiger partial charge in [0.2, 0.25) is 5.95 Å². The molecule has 0 radical (unpaired) electrons. The number of nitrogens with two attached hydrogens (primary N) is 1. The van der Waals surface area contributed by atoms with Gasteiger partial charge in [-0.3, -0.25) is 0 Å². The summed E-state index contributed by atoms with van der Waals surface area (Å²) in [7, 11) is 0. The summed E-state index contributed by atoms with van der Waals surface area (Å²) in [6.07, 6.45) is 6.24. The Balaban J connectivity index is 1.44. The number of aromatic nitrogens is 2. The standard InChI is InChI=1S/C25H21Cl2N5O2/c26-16-11-19(27)22(21(12-16)34-10-9-15-5-2-1-3-6-15)23-18-13-32(14-20(18)30-24(28)31-23)25(33)29-17-7-4-8-17/h1-8,11-12H,9-10,13-14H2,(H,29,33)(H2,28,30,31). The van der Waals surface area contributed by atoms with E-state index in [9.17, 15) is 4.79 Å². The van der Waals surface area contributed by atoms with E-state index in [1.807, 2.05) is 48.6 Å². The number of hydrogen-bond acceptors (Lipinski definition) is 5. The molecule has 0 unspecified atom stereocenters. The van der Waals surface area contributed by atoms with E-state index >= 15 is 0 Å². The van der Waals surface area contributed by atoms with E-state index in [0.29, 0.717) is 58.9 Å². The van der Waals surface area contributed by atoms with Crippen LogP contribution in [-0.4, -0.2) is 27.5 Å². The molecule has 0 saturated heterocycles. The molecule has 1 aliphatic heterocycles. The van der Waals surface area contributed by atoms with Crippen molar-refractivity contribution < 1.29 is 9.53 Å². The molecule has 7 nitrogen and oxygen atoms in total. The van der Waals surface area contributed by atoms with Crippen LogP contribution in [0.1, 0.15) is 16.8 Å². The van der Waals surface area contributed by atoms with Gasteiger partial charge in [-0.05, 0) is 29.8 Å². The van der Waals surface area contributed by atoms with Crippen LogP contribution in [0.4, 0.5) is 10.7 Å². The number of nitrogens with one attached hydrogen (secondary N) is 1. The molecule has 172 valence electrons. The maximum atomic E-state index is 12.7. The summed E-state index contributed by atoms with van der Waals surface area (Å²) in [5.74, 6) is 0.600. The fourth-order valence-corrected chi connectivity index (χ4v) is 4.48. The van der Waals surface area contributed by atoms with Crippen LogP contribution in [0.15, 0.2) is 66.4 Å². The highest BCUT2D eigenvalue weighted by Crippen LogP contribution is 2.42. The number of urea groups is 1. The first-order valence-corrected chi connectivity index (χ1v) is 11.5. The Morgan fingerprint density at radius 3 is 2.68 bits per heavy atom. The Labute approximate surface area is 206 Å². The molecular weight excluding hydrogens is 473 g/mol. The normalized spacial score (nSPS) is 13.8. The van der Waals surface area contributed by atoms with Crippen LogP contribution in [0.2, 0.25) is 10.0 Å². The lowest BCUT2D eigenvalue weighted by Crippen LogP contribution is -2.36. The third-order valence-corrected chi connectivity index (χ3v) is 6.15. The van der Waals surface area contributed by atoms with Gasteiger partial charge in [0.1, 0.15) is 5.75 Å². The highest BCUT2D eigenvalue weighted by Gasteiger charge is 2.31. The van der Waals surface area contributed by atoms with Crippen LogP contribution in [0, 0.1) is 0 Å². The Bertz CT molecular complexity index is 1320. The van der Waals surface area contributed by atoms with Crippen molar-refractivity contribution in [3.05, 3.63) is 93.3 Å². The molecule has 0 saturated carbocycles. The van der Waals surface area contributed by atoms with E-state index in [1.165, 1.54) is 0 Å². The second kappa shape index (κ2) is 9.37. The summed E-state index contributed by atoms with van der Waals surface area (Å²) in [4.78, 5) is 23.2. The van der Waals surface area contributed by atoms with Crippen molar-refractivity contribution in [1.82, 2.24) is 20.2 Å². The van der Waals surface area contributed by atoms with E-state index in [2.05, 4.69) is 15.3 Å². The van der Waals surface area contributed by atoms with Gasteiger partial charge in [0.05, 0.1) is 41.7 Å². The largest absolute Gasteiger partial charge is 0.492 e. The molecular formula is C25H21Cl2N5O2. The predicted octanol–water partition coefficient (Wildman–Crippen LogP) is 5.13. The van der Waals surface area contributed by atoms with Crippen molar-refractivity contribution in [2.24, 2.45) is 0 Å². The Morgan fingerprint density at radius 1 is 1.15 bits per heavy atom. The minimum Gasteiger partial charge on any atom is -0.492 e. The number of benzene rings is 2. The maximum Gasteiger partial charge on any atom is 0.322 e. The number of fused-ring (bicyclic) bond motifs is 1. The molecule has 9 heteroatoms. The zero-order valence-corrected chi connectivity index (χ0v) is 19.6. The van der Waals surface area contributed by atoms with Crippen molar-refractivity contribution >= 4 is 35.2 Å². The van der Waals surface area contributed by atoms with Crippen molar-refractivity contribution in [1.29, 1.82) is 0 Å². The molecule has 2 aromatic carbocycles. The molecule has 0 atom stereocenters. The molecule has 3 aromatic rings. The minimum atomic E-state index is -0.223. The molecule has 0 bridgehead atoms. The lowest BCUT2D eigenvalue weighted by molar-refractivity contribution is 0.201. The minimum absolute atomic E-state index is 0.0990. The summed E-state index contributed by atoms with van der Waals surface area (Å²) >= 11 is 12.9. The van der Waals surface area contributed by atoms with Gasteiger partial charge in [-0.25, -0.2) is 14.8 Å². The first kappa shape index (κ1) is 22.3. The number of anilines is 1. The molecule has 1 aromatic heterocycles. The van der Waals surface area contributed by atoms with Crippen molar-refractivity contribution in [3.63, 3.8) is 0 Å². The fourth-order valence-electron chi connectivity index (χ4n) is 3.92. The Kier molecular flexibility index (Phi) is 6.13. The van der Waals surface area contributed by atoms with Crippen LogP contribution < -0.4 is 15.8 Å². The third-order valence-electron chi connectivity index (χ3n) is 5.64. The lowest BCUT2D eigenvalue weighted by atomic mass is 10.0. The number of carbonyl (C=O) groups is 1. The van der Waals surface area contributed by atoms with Gasteiger partial charge in [0.15, 0.2) is 0 Å². The van der Waals surface area contributed by atoms with Crippen LogP contribution in [0.25, 0.3) is 11.3 Å². The number of carbonyl (C=O) groups excluding carboxylic acids is 1. The molecule has 5 rings (SSSR count). The average Bonchev–Trinajstić information content (AvgIpc) is 3.20. The Hall–Kier alpha value is -3.55. The number of rotatable bonds is 6. The molecule has 34 heavy (non-hydrogen) atoms. The number of nitrogens with zero attached hydrogens (tertiary/aromatic N) is 3. The van der Waals surface area contributed by atoms with Gasteiger partial charge >= 0.3 is 6.03 Å². The third kappa shape index (κ3) is 4.58. The summed E-state index contributed by atoms with van der Waals surface area (Å²) in [5, 5.41) is 3.69. The van der Waals surface area contributed by atoms with Gasteiger partial charge in [0.25, 0.3) is 0 Å². The van der Waals surface area contributed by atoms with Crippen LogP contribution in [-0.2, 0) is 19.5 Å². The molecule has 2 heterocycles. The van der Waals surface area contributed by atoms with E-state index in [4.69, 9.17) is 33.7 Å². The summed E-state index contributed by atoms with van der Waals surface area (Å²) < 4.78 is 6.13. The van der Waals surface area contributed by atoms with Gasteiger partial charge in [-0.15, -0.1) is 0 Å². The van der Waals surface area contributed by atoms with Crippen molar-refractivity contribution in [3.8, 4) is 17.0 Å². The predicted molar refractivity (Wildman–Crippen MR) is 133 cm³/mol. The van der Waals surface area contributed by atoms with Crippen LogP contribution in [0.5, 0.6) is 5.75 Å². The average molecular weight is 494 g/mol. The second-order valence-electron chi connectivity index (χ2n) is 7.97. The smallest absolute Gasteiger partial charge is 0.322 e. The molecule has 3 N–H and O–H groups in total. The van der Waals surface area contributed by atoms with Crippen molar-refractivity contribution in [2.75, 3.05) is 12.3 Å². The zero-order valence-electron chi connectivity index (χ0n) is 18.1. The molecule has 1 aliphatic carbocycles. The molecule has 0 fully saturated rings. The van der Waals surface area contributed by atoms with Gasteiger partial charge < -0.3 is 20.7 Å². The van der Waals surface area contributed by atoms with E-state index in [1.54, 1.807) is 17.0 Å². The fraction of sp³-hybridized carbons (Fsp3) is 0.160. The van der Waals surface area contributed by atoms with Gasteiger partial charge in [-0.2, -0.15) is 0 Å². The molecule has 0 spiro atoms. The quantitative estimate of drug-likeness (QED) is 0.496. The number of nitrogen functional groups attached to an aromatic ring is 1. The van der Waals surface area contributed by atoms with Gasteiger partial charge in [-0.1, -0.05) is 59.6 Å². The number of amides is 2. The van der Waals surface area contributed by atoms with E-state index in [0.717, 1.165) is 16.8 Å². The van der Waals surface area contributed by atoms with Crippen LogP contribution >= 0.6 is 23.2 Å². The summed E-state index contributed by atoms with van der Waals surface area (Å²) in [5.41, 5.74) is 10.5. The highest BCUT2D eigenvalue weighted by molar-refractivity contribution is 6.37. The number of ether oxygens (including phenoxy) is 1. The zero-order chi connectivity index (χ0) is 23.7. The topological polar surface area (TPSA) is 93.4 Å². The first-order chi connectivity index (χ1) is 16.5. The van der Waals surface area contributed by atoms with Gasteiger partial charge in [0, 0.05) is 22.7 Å². The molecule has 2 aliphatic rings. The number of hydrogen-bond donors (Lipinski definition) is 2. The SMILES string of the molecule is Nc1nc2c(c(-c3c(Cl)cc(Cl)cc3OCCc3ccccc3)n1)CN(C(=O)NC1=CC=C1)C2. The van der Waals surface area contributed by atoms with Crippen molar-refractivity contribution in [2.45, 2.75) is 19.5 Å². The lowest BCUT2D eigenvalue weighted by Gasteiger charge is -2.18. The Morgan fingerprint density at radius 2 is 1.94 bits per heavy atom. The van der Waals surface area contributed by atoms with Crippen LogP contribution in [0.3, 0.4) is 0 Å². The number of halogens is 2. The molecule has 2 amide bonds. The second-order valence-corrected chi connectivity index (χ2v) is 8.81. The summed E-state index contributed by atoms with van der Waals surface area (Å²) in [6, 6.07) is 13.2. The van der Waals surface area contributed by atoms with E-state index < -0.39 is 0 Å². The highest BCUT2D eigenvalue weighted by atomic mass is 35.5. The maximum absolute atomic E-state index is 12.7. The van der Waals surface area contributed by atoms with E-state index in [-0.39, 0.29) is 12.0 Å². The number of allylic oxidation sites excluding steroid dienone is 3.